The van der Waals surface area contributed by atoms with Crippen molar-refractivity contribution < 1.29 is 9.53 Å². The molecule has 172 valence electrons. The number of hydrogen-bond donors (Lipinski definition) is 3. The third kappa shape index (κ3) is 8.65. The number of nitrogens with one attached hydrogen (secondary N) is 3. The molecule has 0 radical (unpaired) electrons. The molecule has 0 bridgehead atoms. The predicted octanol–water partition coefficient (Wildman–Crippen LogP) is 3.12. The van der Waals surface area contributed by atoms with E-state index in [9.17, 15) is 4.79 Å². The van der Waals surface area contributed by atoms with E-state index in [1.165, 1.54) is 0 Å². The molecule has 1 amide bonds. The van der Waals surface area contributed by atoms with Gasteiger partial charge in [-0.3, -0.25) is 10.1 Å². The Kier molecular flexibility index (Phi) is 10.9. The number of guanidine groups is 1. The van der Waals surface area contributed by atoms with Gasteiger partial charge in [0.15, 0.2) is 5.96 Å². The van der Waals surface area contributed by atoms with E-state index in [1.807, 2.05) is 20.8 Å². The van der Waals surface area contributed by atoms with Gasteiger partial charge in [-0.1, -0.05) is 13.8 Å². The lowest BCUT2D eigenvalue weighted by molar-refractivity contribution is 0.0493. The molecule has 1 aliphatic heterocycles. The Balaban J connectivity index is 0.00000450. The Morgan fingerprint density at radius 2 is 2.03 bits per heavy atom. The highest BCUT2D eigenvalue weighted by Gasteiger charge is 2.25. The van der Waals surface area contributed by atoms with Crippen molar-refractivity contribution >= 4 is 36.0 Å². The average Bonchev–Trinajstić information content (AvgIpc) is 3.17. The van der Waals surface area contributed by atoms with E-state index in [0.717, 1.165) is 44.3 Å². The lowest BCUT2D eigenvalue weighted by Gasteiger charge is -2.34. The molecule has 1 unspecified atom stereocenters. The van der Waals surface area contributed by atoms with Gasteiger partial charge in [0.1, 0.15) is 17.8 Å². The van der Waals surface area contributed by atoms with Crippen molar-refractivity contribution in [1.82, 2.24) is 30.7 Å². The summed E-state index contributed by atoms with van der Waals surface area (Å²) >= 11 is 0. The second-order valence-corrected chi connectivity index (χ2v) is 8.82. The minimum Gasteiger partial charge on any atom is -0.444 e. The number of piperidine rings is 1. The molecule has 30 heavy (non-hydrogen) atoms. The number of carbonyl (C=O) groups is 1. The fourth-order valence-electron chi connectivity index (χ4n) is 3.27. The fourth-order valence-corrected chi connectivity index (χ4v) is 3.27. The second-order valence-electron chi connectivity index (χ2n) is 8.82. The summed E-state index contributed by atoms with van der Waals surface area (Å²) in [5.41, 5.74) is -0.516. The topological polar surface area (TPSA) is 108 Å². The number of aliphatic imine (C=N–C) groups is 1. The van der Waals surface area contributed by atoms with Gasteiger partial charge in [0.25, 0.3) is 0 Å². The number of halogens is 1. The van der Waals surface area contributed by atoms with Crippen molar-refractivity contribution in [2.75, 3.05) is 26.2 Å². The number of likely N-dealkylation sites (tertiary alicyclic amines) is 1. The maximum absolute atomic E-state index is 12.2. The lowest BCUT2D eigenvalue weighted by atomic mass is 9.96. The first-order valence-corrected chi connectivity index (χ1v) is 10.6. The monoisotopic (exact) mass is 535 g/mol. The van der Waals surface area contributed by atoms with E-state index in [4.69, 9.17) is 9.73 Å². The molecule has 0 saturated carbocycles. The quantitative estimate of drug-likeness (QED) is 0.294. The third-order valence-corrected chi connectivity index (χ3v) is 4.89. The van der Waals surface area contributed by atoms with Crippen LogP contribution in [0.3, 0.4) is 0 Å². The predicted molar refractivity (Wildman–Crippen MR) is 129 cm³/mol. The molecule has 2 rings (SSSR count). The highest BCUT2D eigenvalue weighted by Crippen LogP contribution is 2.25. The summed E-state index contributed by atoms with van der Waals surface area (Å²) in [6, 6.07) is -0.0924. The summed E-state index contributed by atoms with van der Waals surface area (Å²) in [7, 11) is 0. The Morgan fingerprint density at radius 1 is 1.37 bits per heavy atom. The van der Waals surface area contributed by atoms with Crippen LogP contribution in [0.2, 0.25) is 0 Å². The molecule has 3 N–H and O–H groups in total. The summed E-state index contributed by atoms with van der Waals surface area (Å²) in [5, 5.41) is 13.3. The van der Waals surface area contributed by atoms with Crippen LogP contribution >= 0.6 is 24.0 Å². The van der Waals surface area contributed by atoms with Crippen molar-refractivity contribution in [3.8, 4) is 0 Å². The van der Waals surface area contributed by atoms with Gasteiger partial charge in [-0.15, -0.1) is 24.0 Å². The molecule has 0 aliphatic carbocycles. The molecule has 0 aromatic carbocycles. The zero-order valence-electron chi connectivity index (χ0n) is 19.1. The normalized spacial score (nSPS) is 16.8. The third-order valence-electron chi connectivity index (χ3n) is 4.89. The summed E-state index contributed by atoms with van der Waals surface area (Å²) < 4.78 is 5.40. The standard InChI is InChI=1S/C20H37N7O2.HI/c1-7-21-18(27-10-8-15(9-11-27)17-23-13-24-26-17)22-12-16(14(2)3)25-19(28)29-20(4,5)6;/h13-16H,7-12H2,1-6H3,(H,21,22)(H,25,28)(H,23,24,26);1H. The van der Waals surface area contributed by atoms with Gasteiger partial charge in [-0.25, -0.2) is 9.78 Å². The molecule has 1 aromatic rings. The number of rotatable bonds is 6. The summed E-state index contributed by atoms with van der Waals surface area (Å²) in [6.45, 7) is 14.9. The van der Waals surface area contributed by atoms with Gasteiger partial charge in [-0.2, -0.15) is 5.10 Å². The Bertz CT molecular complexity index is 651. The molecule has 1 aromatic heterocycles. The minimum absolute atomic E-state index is 0. The SMILES string of the molecule is CCNC(=NCC(NC(=O)OC(C)(C)C)C(C)C)N1CCC(c2ncn[nH]2)CC1.I. The highest BCUT2D eigenvalue weighted by atomic mass is 127. The van der Waals surface area contributed by atoms with E-state index < -0.39 is 11.7 Å². The van der Waals surface area contributed by atoms with E-state index in [-0.39, 0.29) is 35.9 Å². The number of amides is 1. The highest BCUT2D eigenvalue weighted by molar-refractivity contribution is 14.0. The Labute approximate surface area is 197 Å². The number of alkyl carbamates (subject to hydrolysis) is 1. The number of aromatic amines is 1. The number of hydrogen-bond acceptors (Lipinski definition) is 5. The number of ether oxygens (including phenoxy) is 1. The molecule has 10 heteroatoms. The largest absolute Gasteiger partial charge is 0.444 e. The van der Waals surface area contributed by atoms with Crippen LogP contribution in [0.4, 0.5) is 4.79 Å². The summed E-state index contributed by atoms with van der Waals surface area (Å²) in [5.74, 6) is 2.51. The molecule has 1 saturated heterocycles. The van der Waals surface area contributed by atoms with Crippen LogP contribution in [0, 0.1) is 5.92 Å². The van der Waals surface area contributed by atoms with Crippen molar-refractivity contribution in [3.63, 3.8) is 0 Å². The molecular weight excluding hydrogens is 497 g/mol. The zero-order chi connectivity index (χ0) is 21.4. The van der Waals surface area contributed by atoms with Crippen molar-refractivity contribution in [3.05, 3.63) is 12.2 Å². The molecule has 1 atom stereocenters. The van der Waals surface area contributed by atoms with Gasteiger partial charge >= 0.3 is 6.09 Å². The van der Waals surface area contributed by atoms with E-state index in [0.29, 0.717) is 12.5 Å². The van der Waals surface area contributed by atoms with Gasteiger partial charge < -0.3 is 20.3 Å². The molecular formula is C20H38IN7O2. The average molecular weight is 535 g/mol. The van der Waals surface area contributed by atoms with Crippen molar-refractivity contribution in [2.45, 2.75) is 71.9 Å². The summed E-state index contributed by atoms with van der Waals surface area (Å²) in [4.78, 5) is 23.6. The van der Waals surface area contributed by atoms with Gasteiger partial charge in [0.2, 0.25) is 0 Å². The maximum Gasteiger partial charge on any atom is 0.407 e. The van der Waals surface area contributed by atoms with Crippen LogP contribution in [0.15, 0.2) is 11.3 Å². The molecule has 9 nitrogen and oxygen atoms in total. The fraction of sp³-hybridized carbons (Fsp3) is 0.800. The van der Waals surface area contributed by atoms with E-state index in [2.05, 4.69) is 51.5 Å². The first kappa shape index (κ1) is 26.4. The molecule has 0 spiro atoms. The van der Waals surface area contributed by atoms with Crippen molar-refractivity contribution in [2.24, 2.45) is 10.9 Å². The van der Waals surface area contributed by atoms with Crippen LogP contribution in [0.1, 0.15) is 66.1 Å². The van der Waals surface area contributed by atoms with Crippen molar-refractivity contribution in [1.29, 1.82) is 0 Å². The Hall–Kier alpha value is -1.59. The van der Waals surface area contributed by atoms with Gasteiger partial charge in [-0.05, 0) is 46.5 Å². The number of H-pyrrole nitrogens is 1. The minimum atomic E-state index is -0.516. The Morgan fingerprint density at radius 3 is 2.53 bits per heavy atom. The smallest absolute Gasteiger partial charge is 0.407 e. The van der Waals surface area contributed by atoms with Gasteiger partial charge in [0.05, 0.1) is 12.6 Å². The number of carbonyl (C=O) groups excluding carboxylic acids is 1. The number of nitrogens with zero attached hydrogens (tertiary/aromatic N) is 4. The van der Waals surface area contributed by atoms with E-state index in [1.54, 1.807) is 6.33 Å². The van der Waals surface area contributed by atoms with Crippen LogP contribution in [0.5, 0.6) is 0 Å². The van der Waals surface area contributed by atoms with Crippen LogP contribution < -0.4 is 10.6 Å². The zero-order valence-corrected chi connectivity index (χ0v) is 21.4. The lowest BCUT2D eigenvalue weighted by Crippen LogP contribution is -2.47. The molecule has 1 aliphatic rings. The first-order valence-electron chi connectivity index (χ1n) is 10.6. The first-order chi connectivity index (χ1) is 13.7. The van der Waals surface area contributed by atoms with Crippen LogP contribution in [-0.2, 0) is 4.74 Å². The van der Waals surface area contributed by atoms with Gasteiger partial charge in [0, 0.05) is 25.6 Å². The van der Waals surface area contributed by atoms with Crippen LogP contribution in [-0.4, -0.2) is 70.0 Å². The summed E-state index contributed by atoms with van der Waals surface area (Å²) in [6.07, 6.45) is 3.17. The molecule has 1 fully saturated rings. The second kappa shape index (κ2) is 12.3. The van der Waals surface area contributed by atoms with Crippen LogP contribution in [0.25, 0.3) is 0 Å². The number of aromatic nitrogens is 3. The van der Waals surface area contributed by atoms with E-state index >= 15 is 0 Å². The molecule has 2 heterocycles. The maximum atomic E-state index is 12.2.